The van der Waals surface area contributed by atoms with Crippen LogP contribution in [0.15, 0.2) is 47.0 Å². The number of allylic oxidation sites excluding steroid dienone is 2. The van der Waals surface area contributed by atoms with Crippen molar-refractivity contribution >= 4 is 17.0 Å². The van der Waals surface area contributed by atoms with E-state index in [-0.39, 0.29) is 5.56 Å². The van der Waals surface area contributed by atoms with E-state index >= 15 is 0 Å². The van der Waals surface area contributed by atoms with Crippen molar-refractivity contribution in [2.24, 2.45) is 0 Å². The Morgan fingerprint density at radius 3 is 3.00 bits per heavy atom. The molecule has 2 N–H and O–H groups in total. The molecule has 1 fully saturated rings. The first kappa shape index (κ1) is 19.3. The molecule has 0 amide bonds. The van der Waals surface area contributed by atoms with Crippen LogP contribution in [0.1, 0.15) is 32.4 Å². The van der Waals surface area contributed by atoms with Crippen LogP contribution in [0.5, 0.6) is 0 Å². The van der Waals surface area contributed by atoms with Crippen LogP contribution in [-0.4, -0.2) is 43.4 Å². The summed E-state index contributed by atoms with van der Waals surface area (Å²) in [5.41, 5.74) is 3.02. The minimum atomic E-state index is -0.155. The smallest absolute Gasteiger partial charge is 0.293 e. The Bertz CT molecular complexity index is 1060. The van der Waals surface area contributed by atoms with Crippen LogP contribution in [0.25, 0.3) is 11.0 Å². The third kappa shape index (κ3) is 4.37. The van der Waals surface area contributed by atoms with Crippen LogP contribution < -0.4 is 16.2 Å². The van der Waals surface area contributed by atoms with Gasteiger partial charge in [-0.05, 0) is 45.4 Å². The second kappa shape index (κ2) is 8.57. The maximum atomic E-state index is 13.3. The van der Waals surface area contributed by atoms with E-state index in [4.69, 9.17) is 4.98 Å². The van der Waals surface area contributed by atoms with E-state index in [0.717, 1.165) is 37.6 Å². The third-order valence-electron chi connectivity index (χ3n) is 5.10. The third-order valence-corrected chi connectivity index (χ3v) is 5.10. The van der Waals surface area contributed by atoms with Gasteiger partial charge in [0.05, 0.1) is 18.4 Å². The largest absolute Gasteiger partial charge is 0.352 e. The standard InChI is InChI=1S/C21H27N7O/c1-15(2)8-11-27-19-18(26-21(27)25-16-7-5-9-22-12-16)13-24-28(20(19)29)14-17-6-3-4-10-23-17/h3-4,6,8,10,13,16,22H,5,7,9,11-12,14H2,1-2H3,(H,25,26). The van der Waals surface area contributed by atoms with Gasteiger partial charge in [0.1, 0.15) is 11.0 Å². The van der Waals surface area contributed by atoms with E-state index in [2.05, 4.69) is 40.6 Å². The number of imidazole rings is 1. The lowest BCUT2D eigenvalue weighted by atomic mass is 10.1. The number of nitrogens with zero attached hydrogens (tertiary/aromatic N) is 5. The highest BCUT2D eigenvalue weighted by molar-refractivity contribution is 5.77. The number of anilines is 1. The number of piperidine rings is 1. The summed E-state index contributed by atoms with van der Waals surface area (Å²) in [6, 6.07) is 5.96. The van der Waals surface area contributed by atoms with Gasteiger partial charge in [0.25, 0.3) is 5.56 Å². The summed E-state index contributed by atoms with van der Waals surface area (Å²) in [5.74, 6) is 0.723. The van der Waals surface area contributed by atoms with Crippen molar-refractivity contribution in [2.45, 2.75) is 45.8 Å². The molecule has 0 spiro atoms. The lowest BCUT2D eigenvalue weighted by Crippen LogP contribution is -2.39. The predicted octanol–water partition coefficient (Wildman–Crippen LogP) is 2.17. The van der Waals surface area contributed by atoms with Crippen LogP contribution in [0.4, 0.5) is 5.95 Å². The average molecular weight is 393 g/mol. The van der Waals surface area contributed by atoms with Crippen molar-refractivity contribution in [2.75, 3.05) is 18.4 Å². The highest BCUT2D eigenvalue weighted by atomic mass is 16.1. The number of hydrogen-bond acceptors (Lipinski definition) is 6. The first-order chi connectivity index (χ1) is 14.1. The van der Waals surface area contributed by atoms with Crippen molar-refractivity contribution in [3.05, 3.63) is 58.3 Å². The molecule has 1 aliphatic rings. The molecule has 0 saturated carbocycles. The monoisotopic (exact) mass is 393 g/mol. The fourth-order valence-electron chi connectivity index (χ4n) is 3.56. The van der Waals surface area contributed by atoms with Gasteiger partial charge in [-0.15, -0.1) is 0 Å². The Balaban J connectivity index is 1.74. The van der Waals surface area contributed by atoms with Crippen molar-refractivity contribution in [3.63, 3.8) is 0 Å². The second-order valence-electron chi connectivity index (χ2n) is 7.68. The van der Waals surface area contributed by atoms with E-state index in [1.807, 2.05) is 22.8 Å². The molecule has 152 valence electrons. The lowest BCUT2D eigenvalue weighted by Gasteiger charge is -2.24. The topological polar surface area (TPSA) is 89.7 Å². The Morgan fingerprint density at radius 2 is 2.28 bits per heavy atom. The Morgan fingerprint density at radius 1 is 1.38 bits per heavy atom. The van der Waals surface area contributed by atoms with Crippen LogP contribution in [0.3, 0.4) is 0 Å². The molecule has 3 aromatic rings. The van der Waals surface area contributed by atoms with Gasteiger partial charge >= 0.3 is 0 Å². The summed E-state index contributed by atoms with van der Waals surface area (Å²) in [4.78, 5) is 22.3. The number of nitrogens with one attached hydrogen (secondary N) is 2. The Kier molecular flexibility index (Phi) is 5.71. The summed E-state index contributed by atoms with van der Waals surface area (Å²) in [6.45, 7) is 6.97. The number of rotatable bonds is 6. The average Bonchev–Trinajstić information content (AvgIpc) is 3.08. The van der Waals surface area contributed by atoms with Gasteiger partial charge in [0, 0.05) is 25.3 Å². The molecule has 0 bridgehead atoms. The molecule has 3 aromatic heterocycles. The number of fused-ring (bicyclic) bond motifs is 1. The van der Waals surface area contributed by atoms with Gasteiger partial charge in [-0.1, -0.05) is 17.7 Å². The van der Waals surface area contributed by atoms with Crippen molar-refractivity contribution < 1.29 is 0 Å². The van der Waals surface area contributed by atoms with E-state index in [0.29, 0.717) is 30.2 Å². The zero-order valence-electron chi connectivity index (χ0n) is 16.9. The van der Waals surface area contributed by atoms with E-state index < -0.39 is 0 Å². The maximum absolute atomic E-state index is 13.3. The molecule has 29 heavy (non-hydrogen) atoms. The van der Waals surface area contributed by atoms with E-state index in [1.54, 1.807) is 12.4 Å². The maximum Gasteiger partial charge on any atom is 0.293 e. The van der Waals surface area contributed by atoms with Crippen LogP contribution in [0, 0.1) is 0 Å². The first-order valence-corrected chi connectivity index (χ1v) is 10.1. The SMILES string of the molecule is CC(C)=CCn1c(NC2CCCNC2)nc2cnn(Cc3ccccn3)c(=O)c21. The summed E-state index contributed by atoms with van der Waals surface area (Å²) < 4.78 is 3.42. The van der Waals surface area contributed by atoms with E-state index in [1.165, 1.54) is 10.3 Å². The number of pyridine rings is 1. The number of hydrogen-bond donors (Lipinski definition) is 2. The van der Waals surface area contributed by atoms with Gasteiger partial charge < -0.3 is 15.2 Å². The normalized spacial score (nSPS) is 16.7. The van der Waals surface area contributed by atoms with Crippen LogP contribution >= 0.6 is 0 Å². The highest BCUT2D eigenvalue weighted by Crippen LogP contribution is 2.19. The van der Waals surface area contributed by atoms with Gasteiger partial charge in [0.2, 0.25) is 5.95 Å². The summed E-state index contributed by atoms with van der Waals surface area (Å²) >= 11 is 0. The zero-order valence-corrected chi connectivity index (χ0v) is 16.9. The Hall–Kier alpha value is -3.00. The van der Waals surface area contributed by atoms with E-state index in [9.17, 15) is 4.79 Å². The van der Waals surface area contributed by atoms with Crippen molar-refractivity contribution in [1.82, 2.24) is 29.6 Å². The van der Waals surface area contributed by atoms with Crippen molar-refractivity contribution in [3.8, 4) is 0 Å². The summed E-state index contributed by atoms with van der Waals surface area (Å²) in [6.07, 6.45) is 7.71. The second-order valence-corrected chi connectivity index (χ2v) is 7.68. The fourth-order valence-corrected chi connectivity index (χ4v) is 3.56. The molecule has 8 heteroatoms. The predicted molar refractivity (Wildman–Crippen MR) is 114 cm³/mol. The summed E-state index contributed by atoms with van der Waals surface area (Å²) in [7, 11) is 0. The lowest BCUT2D eigenvalue weighted by molar-refractivity contribution is 0.476. The molecule has 1 saturated heterocycles. The first-order valence-electron chi connectivity index (χ1n) is 10.1. The molecular formula is C21H27N7O. The quantitative estimate of drug-likeness (QED) is 0.624. The molecule has 4 heterocycles. The minimum Gasteiger partial charge on any atom is -0.352 e. The molecule has 0 aliphatic carbocycles. The zero-order chi connectivity index (χ0) is 20.2. The number of aromatic nitrogens is 5. The minimum absolute atomic E-state index is 0.155. The molecule has 8 nitrogen and oxygen atoms in total. The highest BCUT2D eigenvalue weighted by Gasteiger charge is 2.20. The molecule has 1 aliphatic heterocycles. The molecule has 1 atom stereocenters. The van der Waals surface area contributed by atoms with Gasteiger partial charge in [0.15, 0.2) is 0 Å². The molecule has 4 rings (SSSR count). The molecule has 0 aromatic carbocycles. The van der Waals surface area contributed by atoms with Gasteiger partial charge in [-0.2, -0.15) is 5.10 Å². The summed E-state index contributed by atoms with van der Waals surface area (Å²) in [5, 5.41) is 11.3. The Labute approximate surface area is 169 Å². The fraction of sp³-hybridized carbons (Fsp3) is 0.429. The van der Waals surface area contributed by atoms with Crippen LogP contribution in [0.2, 0.25) is 0 Å². The van der Waals surface area contributed by atoms with Crippen LogP contribution in [-0.2, 0) is 13.1 Å². The molecular weight excluding hydrogens is 366 g/mol. The van der Waals surface area contributed by atoms with Gasteiger partial charge in [-0.25, -0.2) is 9.67 Å². The van der Waals surface area contributed by atoms with Gasteiger partial charge in [-0.3, -0.25) is 9.78 Å². The molecule has 1 unspecified atom stereocenters. The van der Waals surface area contributed by atoms with Crippen molar-refractivity contribution in [1.29, 1.82) is 0 Å². The molecule has 0 radical (unpaired) electrons.